The van der Waals surface area contributed by atoms with Gasteiger partial charge in [-0.15, -0.1) is 0 Å². The number of anilines is 1. The van der Waals surface area contributed by atoms with Crippen LogP contribution >= 0.6 is 0 Å². The molecule has 1 aromatic carbocycles. The maximum Gasteiger partial charge on any atom is 0.346 e. The molecule has 1 atom stereocenters. The van der Waals surface area contributed by atoms with Gasteiger partial charge in [-0.1, -0.05) is 6.07 Å². The first-order valence-electron chi connectivity index (χ1n) is 4.83. The Hall–Kier alpha value is -2.24. The van der Waals surface area contributed by atoms with Crippen molar-refractivity contribution in [2.45, 2.75) is 13.0 Å². The van der Waals surface area contributed by atoms with Crippen molar-refractivity contribution in [3.8, 4) is 5.75 Å². The summed E-state index contributed by atoms with van der Waals surface area (Å²) in [5.74, 6) is -1.77. The van der Waals surface area contributed by atoms with Crippen molar-refractivity contribution in [3.05, 3.63) is 23.8 Å². The highest BCUT2D eigenvalue weighted by Gasteiger charge is 2.20. The standard InChI is InChI=1S/C11H13NO5/c1-6(11(15)16-2)17-8-5-3-4-7(12)9(8)10(13)14/h3-6H,12H2,1-2H3,(H,13,14). The lowest BCUT2D eigenvalue weighted by Gasteiger charge is -2.15. The molecular weight excluding hydrogens is 226 g/mol. The number of hydrogen-bond acceptors (Lipinski definition) is 5. The third-order valence-corrected chi connectivity index (χ3v) is 2.11. The van der Waals surface area contributed by atoms with Crippen molar-refractivity contribution in [2.24, 2.45) is 0 Å². The van der Waals surface area contributed by atoms with Crippen LogP contribution in [-0.4, -0.2) is 30.3 Å². The lowest BCUT2D eigenvalue weighted by atomic mass is 10.1. The second kappa shape index (κ2) is 5.20. The molecule has 1 rings (SSSR count). The first-order chi connectivity index (χ1) is 7.97. The summed E-state index contributed by atoms with van der Waals surface area (Å²) in [7, 11) is 1.22. The SMILES string of the molecule is COC(=O)C(C)Oc1cccc(N)c1C(=O)O. The number of aromatic carboxylic acids is 1. The summed E-state index contributed by atoms with van der Waals surface area (Å²) < 4.78 is 9.68. The molecule has 0 saturated carbocycles. The molecule has 0 saturated heterocycles. The molecule has 92 valence electrons. The Bertz CT molecular complexity index is 443. The molecule has 0 bridgehead atoms. The van der Waals surface area contributed by atoms with Crippen molar-refractivity contribution < 1.29 is 24.2 Å². The smallest absolute Gasteiger partial charge is 0.346 e. The molecule has 0 fully saturated rings. The molecule has 0 spiro atoms. The molecule has 1 aromatic rings. The van der Waals surface area contributed by atoms with Gasteiger partial charge in [0.05, 0.1) is 7.11 Å². The second-order valence-corrected chi connectivity index (χ2v) is 3.31. The fourth-order valence-corrected chi connectivity index (χ4v) is 1.28. The molecule has 6 heteroatoms. The second-order valence-electron chi connectivity index (χ2n) is 3.31. The quantitative estimate of drug-likeness (QED) is 0.598. The van der Waals surface area contributed by atoms with Crippen LogP contribution in [0.3, 0.4) is 0 Å². The van der Waals surface area contributed by atoms with Crippen molar-refractivity contribution in [1.29, 1.82) is 0 Å². The van der Waals surface area contributed by atoms with Gasteiger partial charge in [0.15, 0.2) is 6.10 Å². The molecule has 0 heterocycles. The van der Waals surface area contributed by atoms with Gasteiger partial charge in [-0.05, 0) is 19.1 Å². The van der Waals surface area contributed by atoms with E-state index >= 15 is 0 Å². The number of benzene rings is 1. The number of nitrogen functional groups attached to an aromatic ring is 1. The minimum absolute atomic E-state index is 0.0374. The normalized spacial score (nSPS) is 11.6. The topological polar surface area (TPSA) is 98.9 Å². The minimum Gasteiger partial charge on any atom is -0.478 e. The summed E-state index contributed by atoms with van der Waals surface area (Å²) in [5.41, 5.74) is 5.44. The van der Waals surface area contributed by atoms with Gasteiger partial charge in [0.2, 0.25) is 0 Å². The van der Waals surface area contributed by atoms with Crippen LogP contribution in [0.5, 0.6) is 5.75 Å². The molecule has 0 aliphatic heterocycles. The van der Waals surface area contributed by atoms with E-state index in [0.29, 0.717) is 0 Å². The average Bonchev–Trinajstić information content (AvgIpc) is 2.27. The van der Waals surface area contributed by atoms with Gasteiger partial charge in [0, 0.05) is 5.69 Å². The van der Waals surface area contributed by atoms with Crippen molar-refractivity contribution in [1.82, 2.24) is 0 Å². The zero-order valence-corrected chi connectivity index (χ0v) is 9.47. The number of nitrogens with two attached hydrogens (primary N) is 1. The number of esters is 1. The van der Waals surface area contributed by atoms with Crippen LogP contribution in [0.15, 0.2) is 18.2 Å². The molecule has 3 N–H and O–H groups in total. The van der Waals surface area contributed by atoms with E-state index in [1.54, 1.807) is 6.07 Å². The number of ether oxygens (including phenoxy) is 2. The van der Waals surface area contributed by atoms with Crippen LogP contribution in [0.25, 0.3) is 0 Å². The monoisotopic (exact) mass is 239 g/mol. The lowest BCUT2D eigenvalue weighted by Crippen LogP contribution is -2.25. The fourth-order valence-electron chi connectivity index (χ4n) is 1.28. The van der Waals surface area contributed by atoms with E-state index in [4.69, 9.17) is 15.6 Å². The van der Waals surface area contributed by atoms with Crippen molar-refractivity contribution in [3.63, 3.8) is 0 Å². The maximum atomic E-state index is 11.2. The van der Waals surface area contributed by atoms with Gasteiger partial charge >= 0.3 is 11.9 Å². The van der Waals surface area contributed by atoms with E-state index in [1.807, 2.05) is 0 Å². The third-order valence-electron chi connectivity index (χ3n) is 2.11. The van der Waals surface area contributed by atoms with Crippen LogP contribution in [0.2, 0.25) is 0 Å². The largest absolute Gasteiger partial charge is 0.478 e. The highest BCUT2D eigenvalue weighted by atomic mass is 16.6. The molecular formula is C11H13NO5. The van der Waals surface area contributed by atoms with E-state index in [-0.39, 0.29) is 17.0 Å². The summed E-state index contributed by atoms with van der Waals surface area (Å²) in [4.78, 5) is 22.1. The zero-order chi connectivity index (χ0) is 13.0. The summed E-state index contributed by atoms with van der Waals surface area (Å²) in [6, 6.07) is 4.42. The molecule has 0 aliphatic rings. The Kier molecular flexibility index (Phi) is 3.92. The number of methoxy groups -OCH3 is 1. The Balaban J connectivity index is 3.02. The minimum atomic E-state index is -1.21. The van der Waals surface area contributed by atoms with Gasteiger partial charge in [0.1, 0.15) is 11.3 Å². The number of carbonyl (C=O) groups is 2. The van der Waals surface area contributed by atoms with Crippen molar-refractivity contribution in [2.75, 3.05) is 12.8 Å². The molecule has 0 amide bonds. The number of carbonyl (C=O) groups excluding carboxylic acids is 1. The summed E-state index contributed by atoms with van der Waals surface area (Å²) in [6.07, 6.45) is -0.903. The Labute approximate surface area is 97.9 Å². The highest BCUT2D eigenvalue weighted by Crippen LogP contribution is 2.25. The number of hydrogen-bond donors (Lipinski definition) is 2. The molecule has 0 aliphatic carbocycles. The summed E-state index contributed by atoms with van der Waals surface area (Å²) in [6.45, 7) is 1.46. The average molecular weight is 239 g/mol. The van der Waals surface area contributed by atoms with Crippen LogP contribution in [0, 0.1) is 0 Å². The fraction of sp³-hybridized carbons (Fsp3) is 0.273. The first-order valence-corrected chi connectivity index (χ1v) is 4.83. The van der Waals surface area contributed by atoms with E-state index in [1.165, 1.54) is 26.2 Å². The van der Waals surface area contributed by atoms with Gasteiger partial charge < -0.3 is 20.3 Å². The van der Waals surface area contributed by atoms with Crippen LogP contribution < -0.4 is 10.5 Å². The van der Waals surface area contributed by atoms with Crippen LogP contribution in [0.4, 0.5) is 5.69 Å². The number of carboxylic acid groups (broad SMARTS) is 1. The van der Waals surface area contributed by atoms with Crippen LogP contribution in [-0.2, 0) is 9.53 Å². The van der Waals surface area contributed by atoms with Gasteiger partial charge in [0.25, 0.3) is 0 Å². The van der Waals surface area contributed by atoms with Gasteiger partial charge in [-0.3, -0.25) is 0 Å². The zero-order valence-electron chi connectivity index (χ0n) is 9.47. The van der Waals surface area contributed by atoms with Crippen molar-refractivity contribution >= 4 is 17.6 Å². The highest BCUT2D eigenvalue weighted by molar-refractivity contribution is 5.96. The molecule has 1 unspecified atom stereocenters. The van der Waals surface area contributed by atoms with Gasteiger partial charge in [-0.25, -0.2) is 9.59 Å². The summed E-state index contributed by atoms with van der Waals surface area (Å²) >= 11 is 0. The van der Waals surface area contributed by atoms with E-state index in [0.717, 1.165) is 0 Å². The molecule has 0 radical (unpaired) electrons. The third kappa shape index (κ3) is 2.87. The van der Waals surface area contributed by atoms with Crippen LogP contribution in [0.1, 0.15) is 17.3 Å². The van der Waals surface area contributed by atoms with E-state index in [9.17, 15) is 9.59 Å². The Morgan fingerprint density at radius 3 is 2.59 bits per heavy atom. The predicted molar refractivity (Wildman–Crippen MR) is 59.9 cm³/mol. The van der Waals surface area contributed by atoms with Gasteiger partial charge in [-0.2, -0.15) is 0 Å². The summed E-state index contributed by atoms with van der Waals surface area (Å²) in [5, 5.41) is 8.98. The van der Waals surface area contributed by atoms with E-state index < -0.39 is 18.0 Å². The Morgan fingerprint density at radius 1 is 1.41 bits per heavy atom. The predicted octanol–water partition coefficient (Wildman–Crippen LogP) is 0.907. The number of carboxylic acids is 1. The molecule has 17 heavy (non-hydrogen) atoms. The maximum absolute atomic E-state index is 11.2. The van der Waals surface area contributed by atoms with E-state index in [2.05, 4.69) is 4.74 Å². The lowest BCUT2D eigenvalue weighted by molar-refractivity contribution is -0.147. The molecule has 0 aromatic heterocycles. The Morgan fingerprint density at radius 2 is 2.06 bits per heavy atom. The first kappa shape index (κ1) is 12.8. The number of rotatable bonds is 4. The molecule has 6 nitrogen and oxygen atoms in total.